The summed E-state index contributed by atoms with van der Waals surface area (Å²) in [6.45, 7) is 6.72. The van der Waals surface area contributed by atoms with Crippen molar-refractivity contribution in [3.05, 3.63) is 28.2 Å². The molecule has 0 aromatic heterocycles. The van der Waals surface area contributed by atoms with Crippen molar-refractivity contribution in [2.75, 3.05) is 18.0 Å². The molecule has 4 heteroatoms. The molecule has 1 fully saturated rings. The highest BCUT2D eigenvalue weighted by Crippen LogP contribution is 2.35. The van der Waals surface area contributed by atoms with Gasteiger partial charge >= 0.3 is 0 Å². The average molecular weight is 313 g/mol. The van der Waals surface area contributed by atoms with E-state index >= 15 is 0 Å². The minimum atomic E-state index is 0.371. The van der Waals surface area contributed by atoms with Crippen LogP contribution in [0.1, 0.15) is 25.8 Å². The van der Waals surface area contributed by atoms with E-state index in [1.54, 1.807) is 0 Å². The third-order valence-corrected chi connectivity index (χ3v) is 3.96. The molecule has 0 saturated carbocycles. The van der Waals surface area contributed by atoms with Gasteiger partial charge in [0.25, 0.3) is 0 Å². The highest BCUT2D eigenvalue weighted by atomic mass is 79.9. The van der Waals surface area contributed by atoms with Crippen LogP contribution in [-0.2, 0) is 0 Å². The Labute approximate surface area is 116 Å². The summed E-state index contributed by atoms with van der Waals surface area (Å²) in [6, 6.07) is 6.09. The van der Waals surface area contributed by atoms with E-state index in [0.717, 1.165) is 28.8 Å². The van der Waals surface area contributed by atoms with Crippen molar-refractivity contribution < 1.29 is 0 Å². The summed E-state index contributed by atoms with van der Waals surface area (Å²) in [5, 5.41) is 0. The number of hydrogen-bond donors (Lipinski definition) is 1. The van der Waals surface area contributed by atoms with E-state index in [0.29, 0.717) is 10.4 Å². The van der Waals surface area contributed by atoms with Gasteiger partial charge in [-0.05, 0) is 30.0 Å². The number of rotatable bonds is 2. The maximum Gasteiger partial charge on any atom is 0.106 e. The van der Waals surface area contributed by atoms with E-state index in [-0.39, 0.29) is 0 Å². The lowest BCUT2D eigenvalue weighted by Gasteiger charge is -2.24. The number of anilines is 1. The molecule has 2 nitrogen and oxygen atoms in total. The monoisotopic (exact) mass is 312 g/mol. The Balaban J connectivity index is 2.38. The van der Waals surface area contributed by atoms with Crippen LogP contribution in [0.15, 0.2) is 22.7 Å². The first kappa shape index (κ1) is 12.8. The lowest BCUT2D eigenvalue weighted by atomic mass is 9.93. The second kappa shape index (κ2) is 4.58. The molecule has 1 aliphatic heterocycles. The molecular formula is C13H17BrN2S. The van der Waals surface area contributed by atoms with Crippen LogP contribution in [0.2, 0.25) is 0 Å². The fourth-order valence-corrected chi connectivity index (χ4v) is 2.81. The summed E-state index contributed by atoms with van der Waals surface area (Å²) < 4.78 is 1.07. The lowest BCUT2D eigenvalue weighted by Crippen LogP contribution is -2.25. The molecule has 1 aromatic carbocycles. The van der Waals surface area contributed by atoms with Crippen molar-refractivity contribution in [2.24, 2.45) is 11.1 Å². The van der Waals surface area contributed by atoms with Crippen LogP contribution in [0.3, 0.4) is 0 Å². The summed E-state index contributed by atoms with van der Waals surface area (Å²) in [6.07, 6.45) is 1.20. The highest BCUT2D eigenvalue weighted by molar-refractivity contribution is 9.10. The van der Waals surface area contributed by atoms with Crippen LogP contribution >= 0.6 is 28.1 Å². The molecule has 0 atom stereocenters. The summed E-state index contributed by atoms with van der Waals surface area (Å²) in [5.74, 6) is 0. The van der Waals surface area contributed by atoms with E-state index in [1.165, 1.54) is 6.42 Å². The van der Waals surface area contributed by atoms with E-state index < -0.39 is 0 Å². The van der Waals surface area contributed by atoms with Crippen molar-refractivity contribution in [3.63, 3.8) is 0 Å². The fourth-order valence-electron chi connectivity index (χ4n) is 2.29. The number of benzene rings is 1. The Hall–Kier alpha value is -0.610. The smallest absolute Gasteiger partial charge is 0.106 e. The number of hydrogen-bond acceptors (Lipinski definition) is 2. The number of nitrogens with two attached hydrogens (primary N) is 1. The summed E-state index contributed by atoms with van der Waals surface area (Å²) in [7, 11) is 0. The zero-order valence-corrected chi connectivity index (χ0v) is 12.6. The van der Waals surface area contributed by atoms with Gasteiger partial charge in [-0.1, -0.05) is 42.0 Å². The molecule has 1 aliphatic rings. The average Bonchev–Trinajstić information content (AvgIpc) is 2.58. The molecular weight excluding hydrogens is 296 g/mol. The maximum atomic E-state index is 5.79. The third-order valence-electron chi connectivity index (χ3n) is 3.24. The van der Waals surface area contributed by atoms with Crippen LogP contribution in [-0.4, -0.2) is 18.1 Å². The molecule has 2 N–H and O–H groups in total. The second-order valence-corrected chi connectivity index (χ2v) is 6.72. The molecule has 0 bridgehead atoms. The Morgan fingerprint density at radius 3 is 2.71 bits per heavy atom. The molecule has 1 saturated heterocycles. The summed E-state index contributed by atoms with van der Waals surface area (Å²) >= 11 is 8.63. The van der Waals surface area contributed by atoms with Crippen molar-refractivity contribution in [1.82, 2.24) is 0 Å². The summed E-state index contributed by atoms with van der Waals surface area (Å²) in [5.41, 5.74) is 8.28. The first-order valence-electron chi connectivity index (χ1n) is 5.73. The number of nitrogens with zero attached hydrogens (tertiary/aromatic N) is 1. The van der Waals surface area contributed by atoms with E-state index in [9.17, 15) is 0 Å². The topological polar surface area (TPSA) is 29.3 Å². The van der Waals surface area contributed by atoms with Crippen LogP contribution in [0.4, 0.5) is 5.69 Å². The van der Waals surface area contributed by atoms with Gasteiger partial charge in [0.1, 0.15) is 4.99 Å². The van der Waals surface area contributed by atoms with Crippen LogP contribution in [0.5, 0.6) is 0 Å². The predicted octanol–water partition coefficient (Wildman–Crippen LogP) is 3.32. The zero-order valence-electron chi connectivity index (χ0n) is 10.2. The van der Waals surface area contributed by atoms with Gasteiger partial charge < -0.3 is 10.6 Å². The molecule has 0 unspecified atom stereocenters. The normalized spacial score (nSPS) is 18.4. The Kier molecular flexibility index (Phi) is 3.46. The molecule has 0 aliphatic carbocycles. The van der Waals surface area contributed by atoms with Gasteiger partial charge in [0, 0.05) is 28.8 Å². The molecule has 0 amide bonds. The molecule has 1 heterocycles. The van der Waals surface area contributed by atoms with Crippen molar-refractivity contribution in [3.8, 4) is 0 Å². The molecule has 0 radical (unpaired) electrons. The van der Waals surface area contributed by atoms with Crippen LogP contribution in [0, 0.1) is 5.41 Å². The first-order valence-corrected chi connectivity index (χ1v) is 6.93. The minimum absolute atomic E-state index is 0.371. The Morgan fingerprint density at radius 2 is 2.18 bits per heavy atom. The minimum Gasteiger partial charge on any atom is -0.389 e. The van der Waals surface area contributed by atoms with Gasteiger partial charge in [-0.3, -0.25) is 0 Å². The SMILES string of the molecule is CC1(C)CCN(c2cc(Br)ccc2C(N)=S)C1. The van der Waals surface area contributed by atoms with Gasteiger partial charge in [0.05, 0.1) is 0 Å². The fraction of sp³-hybridized carbons (Fsp3) is 0.462. The molecule has 2 rings (SSSR count). The Morgan fingerprint density at radius 1 is 1.47 bits per heavy atom. The maximum absolute atomic E-state index is 5.79. The number of thiocarbonyl (C=S) groups is 1. The predicted molar refractivity (Wildman–Crippen MR) is 80.6 cm³/mol. The number of halogens is 1. The summed E-state index contributed by atoms with van der Waals surface area (Å²) in [4.78, 5) is 2.84. The third kappa shape index (κ3) is 2.80. The molecule has 92 valence electrons. The first-order chi connectivity index (χ1) is 7.89. The van der Waals surface area contributed by atoms with Gasteiger partial charge in [-0.25, -0.2) is 0 Å². The molecule has 17 heavy (non-hydrogen) atoms. The van der Waals surface area contributed by atoms with Crippen LogP contribution < -0.4 is 10.6 Å². The van der Waals surface area contributed by atoms with E-state index in [1.807, 2.05) is 12.1 Å². The van der Waals surface area contributed by atoms with Crippen molar-refractivity contribution in [2.45, 2.75) is 20.3 Å². The van der Waals surface area contributed by atoms with Gasteiger partial charge in [0.2, 0.25) is 0 Å². The Bertz CT molecular complexity index is 457. The van der Waals surface area contributed by atoms with Gasteiger partial charge in [-0.2, -0.15) is 0 Å². The van der Waals surface area contributed by atoms with E-state index in [2.05, 4.69) is 40.7 Å². The van der Waals surface area contributed by atoms with Gasteiger partial charge in [0.15, 0.2) is 0 Å². The highest BCUT2D eigenvalue weighted by Gasteiger charge is 2.30. The van der Waals surface area contributed by atoms with Crippen molar-refractivity contribution in [1.29, 1.82) is 0 Å². The quantitative estimate of drug-likeness (QED) is 0.849. The standard InChI is InChI=1S/C13H17BrN2S/c1-13(2)5-6-16(8-13)11-7-9(14)3-4-10(11)12(15)17/h3-4,7H,5-6,8H2,1-2H3,(H2,15,17). The zero-order chi connectivity index (χ0) is 12.6. The van der Waals surface area contributed by atoms with Crippen LogP contribution in [0.25, 0.3) is 0 Å². The van der Waals surface area contributed by atoms with E-state index in [4.69, 9.17) is 18.0 Å². The second-order valence-electron chi connectivity index (χ2n) is 5.36. The molecule has 0 spiro atoms. The van der Waals surface area contributed by atoms with Gasteiger partial charge in [-0.15, -0.1) is 0 Å². The van der Waals surface area contributed by atoms with Crippen molar-refractivity contribution >= 4 is 38.8 Å². The molecule has 1 aromatic rings. The largest absolute Gasteiger partial charge is 0.389 e. The lowest BCUT2D eigenvalue weighted by molar-refractivity contribution is 0.418.